The smallest absolute Gasteiger partial charge is 0.239 e. The van der Waals surface area contributed by atoms with Crippen molar-refractivity contribution in [3.8, 4) is 5.88 Å². The molecule has 1 aromatic rings. The Balaban J connectivity index is 1.95. The quantitative estimate of drug-likeness (QED) is 0.779. The van der Waals surface area contributed by atoms with E-state index in [0.29, 0.717) is 23.5 Å². The van der Waals surface area contributed by atoms with Gasteiger partial charge in [0.15, 0.2) is 0 Å². The lowest BCUT2D eigenvalue weighted by atomic mass is 10.2. The predicted octanol–water partition coefficient (Wildman–Crippen LogP) is 3.05. The third-order valence-corrected chi connectivity index (χ3v) is 3.16. The summed E-state index contributed by atoms with van der Waals surface area (Å²) in [5.74, 6) is 2.12. The lowest BCUT2D eigenvalue weighted by molar-refractivity contribution is 0.290. The van der Waals surface area contributed by atoms with Gasteiger partial charge in [0.25, 0.3) is 0 Å². The van der Waals surface area contributed by atoms with Crippen molar-refractivity contribution in [3.63, 3.8) is 0 Å². The summed E-state index contributed by atoms with van der Waals surface area (Å²) in [6.07, 6.45) is 4.83. The van der Waals surface area contributed by atoms with Gasteiger partial charge in [-0.05, 0) is 44.2 Å². The van der Waals surface area contributed by atoms with Crippen LogP contribution in [0.3, 0.4) is 0 Å². The Morgan fingerprint density at radius 1 is 1.50 bits per heavy atom. The molecule has 1 aliphatic carbocycles. The van der Waals surface area contributed by atoms with E-state index in [2.05, 4.69) is 24.1 Å². The van der Waals surface area contributed by atoms with Crippen molar-refractivity contribution in [1.82, 2.24) is 4.98 Å². The molecule has 1 aromatic heterocycles. The Morgan fingerprint density at radius 2 is 2.28 bits per heavy atom. The van der Waals surface area contributed by atoms with Crippen LogP contribution in [0, 0.1) is 5.92 Å². The molecule has 4 nitrogen and oxygen atoms in total. The van der Waals surface area contributed by atoms with E-state index < -0.39 is 0 Å². The second-order valence-corrected chi connectivity index (χ2v) is 5.18. The molecule has 0 aromatic carbocycles. The SMILES string of the molecule is CCCC(C)Nc1ccc(N)c(OCC2CC2)n1. The summed E-state index contributed by atoms with van der Waals surface area (Å²) in [6.45, 7) is 5.08. The van der Waals surface area contributed by atoms with Crippen LogP contribution in [0.1, 0.15) is 39.5 Å². The standard InChI is InChI=1S/C14H23N3O/c1-3-4-10(2)16-13-8-7-12(15)14(17-13)18-9-11-5-6-11/h7-8,10-11H,3-6,9,15H2,1-2H3,(H,16,17). The average molecular weight is 249 g/mol. The highest BCUT2D eigenvalue weighted by molar-refractivity contribution is 5.53. The summed E-state index contributed by atoms with van der Waals surface area (Å²) in [7, 11) is 0. The highest BCUT2D eigenvalue weighted by Crippen LogP contribution is 2.30. The number of anilines is 2. The van der Waals surface area contributed by atoms with Crippen LogP contribution in [-0.4, -0.2) is 17.6 Å². The van der Waals surface area contributed by atoms with Crippen molar-refractivity contribution < 1.29 is 4.74 Å². The number of nitrogens with one attached hydrogen (secondary N) is 1. The Bertz CT molecular complexity index is 391. The lowest BCUT2D eigenvalue weighted by Gasteiger charge is -2.15. The van der Waals surface area contributed by atoms with E-state index in [1.165, 1.54) is 12.8 Å². The minimum Gasteiger partial charge on any atom is -0.476 e. The van der Waals surface area contributed by atoms with Gasteiger partial charge in [0.05, 0.1) is 12.3 Å². The van der Waals surface area contributed by atoms with Crippen LogP contribution in [0.5, 0.6) is 5.88 Å². The first-order chi connectivity index (χ1) is 8.69. The fourth-order valence-electron chi connectivity index (χ4n) is 1.89. The summed E-state index contributed by atoms with van der Waals surface area (Å²) < 4.78 is 5.67. The third kappa shape index (κ3) is 3.79. The molecule has 18 heavy (non-hydrogen) atoms. The van der Waals surface area contributed by atoms with Crippen molar-refractivity contribution in [1.29, 1.82) is 0 Å². The minimum absolute atomic E-state index is 0.419. The largest absolute Gasteiger partial charge is 0.476 e. The number of ether oxygens (including phenoxy) is 1. The molecule has 0 radical (unpaired) electrons. The molecule has 0 spiro atoms. The Hall–Kier alpha value is -1.45. The predicted molar refractivity (Wildman–Crippen MR) is 74.9 cm³/mol. The number of aromatic nitrogens is 1. The summed E-state index contributed by atoms with van der Waals surface area (Å²) in [6, 6.07) is 4.18. The molecular weight excluding hydrogens is 226 g/mol. The Kier molecular flexibility index (Phi) is 4.28. The number of hydrogen-bond donors (Lipinski definition) is 2. The number of nitrogens with zero attached hydrogens (tertiary/aromatic N) is 1. The van der Waals surface area contributed by atoms with Crippen LogP contribution >= 0.6 is 0 Å². The molecule has 0 amide bonds. The molecule has 1 aliphatic rings. The summed E-state index contributed by atoms with van der Waals surface area (Å²) in [5, 5.41) is 3.37. The molecule has 1 atom stereocenters. The number of nitrogens with two attached hydrogens (primary N) is 1. The van der Waals surface area contributed by atoms with Crippen LogP contribution in [-0.2, 0) is 0 Å². The molecule has 1 heterocycles. The van der Waals surface area contributed by atoms with E-state index in [1.54, 1.807) is 0 Å². The maximum absolute atomic E-state index is 5.87. The molecule has 2 rings (SSSR count). The summed E-state index contributed by atoms with van der Waals surface area (Å²) in [5.41, 5.74) is 6.49. The van der Waals surface area contributed by atoms with Crippen molar-refractivity contribution in [2.75, 3.05) is 17.7 Å². The van der Waals surface area contributed by atoms with E-state index in [9.17, 15) is 0 Å². The molecule has 4 heteroatoms. The van der Waals surface area contributed by atoms with Crippen LogP contribution in [0.4, 0.5) is 11.5 Å². The molecule has 0 bridgehead atoms. The van der Waals surface area contributed by atoms with Gasteiger partial charge in [-0.15, -0.1) is 0 Å². The lowest BCUT2D eigenvalue weighted by Crippen LogP contribution is -2.16. The molecule has 3 N–H and O–H groups in total. The van der Waals surface area contributed by atoms with Crippen molar-refractivity contribution in [3.05, 3.63) is 12.1 Å². The molecule has 100 valence electrons. The Labute approximate surface area is 109 Å². The number of hydrogen-bond acceptors (Lipinski definition) is 4. The van der Waals surface area contributed by atoms with Crippen LogP contribution in [0.2, 0.25) is 0 Å². The van der Waals surface area contributed by atoms with Crippen molar-refractivity contribution in [2.24, 2.45) is 5.92 Å². The molecule has 1 unspecified atom stereocenters. The molecule has 0 saturated heterocycles. The zero-order valence-electron chi connectivity index (χ0n) is 11.3. The number of nitrogen functional groups attached to an aromatic ring is 1. The second-order valence-electron chi connectivity index (χ2n) is 5.18. The monoisotopic (exact) mass is 249 g/mol. The van der Waals surface area contributed by atoms with Gasteiger partial charge in [-0.3, -0.25) is 0 Å². The van der Waals surface area contributed by atoms with Gasteiger partial charge in [-0.1, -0.05) is 13.3 Å². The van der Waals surface area contributed by atoms with Crippen LogP contribution < -0.4 is 15.8 Å². The number of rotatable bonds is 7. The van der Waals surface area contributed by atoms with E-state index in [4.69, 9.17) is 10.5 Å². The normalized spacial score (nSPS) is 16.3. The average Bonchev–Trinajstić information content (AvgIpc) is 3.14. The van der Waals surface area contributed by atoms with E-state index >= 15 is 0 Å². The summed E-state index contributed by atoms with van der Waals surface area (Å²) >= 11 is 0. The van der Waals surface area contributed by atoms with Crippen molar-refractivity contribution >= 4 is 11.5 Å². The van der Waals surface area contributed by atoms with Gasteiger partial charge < -0.3 is 15.8 Å². The first-order valence-electron chi connectivity index (χ1n) is 6.85. The van der Waals surface area contributed by atoms with E-state index in [0.717, 1.165) is 25.3 Å². The maximum Gasteiger partial charge on any atom is 0.239 e. The van der Waals surface area contributed by atoms with Gasteiger partial charge >= 0.3 is 0 Å². The first-order valence-corrected chi connectivity index (χ1v) is 6.85. The van der Waals surface area contributed by atoms with Gasteiger partial charge in [0.2, 0.25) is 5.88 Å². The third-order valence-electron chi connectivity index (χ3n) is 3.16. The maximum atomic E-state index is 5.87. The highest BCUT2D eigenvalue weighted by Gasteiger charge is 2.22. The van der Waals surface area contributed by atoms with Gasteiger partial charge in [0, 0.05) is 6.04 Å². The fourth-order valence-corrected chi connectivity index (χ4v) is 1.89. The zero-order chi connectivity index (χ0) is 13.0. The summed E-state index contributed by atoms with van der Waals surface area (Å²) in [4.78, 5) is 4.44. The Morgan fingerprint density at radius 3 is 2.94 bits per heavy atom. The minimum atomic E-state index is 0.419. The van der Waals surface area contributed by atoms with Gasteiger partial charge in [-0.2, -0.15) is 4.98 Å². The molecule has 1 fully saturated rings. The van der Waals surface area contributed by atoms with E-state index in [-0.39, 0.29) is 0 Å². The number of pyridine rings is 1. The fraction of sp³-hybridized carbons (Fsp3) is 0.643. The zero-order valence-corrected chi connectivity index (χ0v) is 11.3. The van der Waals surface area contributed by atoms with Crippen LogP contribution in [0.15, 0.2) is 12.1 Å². The highest BCUT2D eigenvalue weighted by atomic mass is 16.5. The molecule has 0 aliphatic heterocycles. The molecule has 1 saturated carbocycles. The van der Waals surface area contributed by atoms with E-state index in [1.807, 2.05) is 12.1 Å². The second kappa shape index (κ2) is 5.94. The molecular formula is C14H23N3O. The van der Waals surface area contributed by atoms with Crippen LogP contribution in [0.25, 0.3) is 0 Å². The van der Waals surface area contributed by atoms with Gasteiger partial charge in [-0.25, -0.2) is 0 Å². The topological polar surface area (TPSA) is 60.2 Å². The van der Waals surface area contributed by atoms with Gasteiger partial charge in [0.1, 0.15) is 5.82 Å². The van der Waals surface area contributed by atoms with Crippen molar-refractivity contribution in [2.45, 2.75) is 45.6 Å². The first kappa shape index (κ1) is 13.0.